The standard InChI is InChI=1S/C18H22N2O3S2/c1-13(2)20-25(22,23)17-9-5-15(6-10-17)7-11-18(21)19-12-16-8-4-14(3)24-16/h4-11,13,20H,12H2,1-3H3,(H,19,21)/b11-7+. The quantitative estimate of drug-likeness (QED) is 0.727. The van der Waals surface area contributed by atoms with Gasteiger partial charge in [-0.05, 0) is 56.7 Å². The lowest BCUT2D eigenvalue weighted by atomic mass is 10.2. The molecule has 7 heteroatoms. The first-order valence-electron chi connectivity index (χ1n) is 7.90. The second kappa shape index (κ2) is 8.42. The predicted octanol–water partition coefficient (Wildman–Crippen LogP) is 3.07. The van der Waals surface area contributed by atoms with Gasteiger partial charge in [-0.3, -0.25) is 4.79 Å². The van der Waals surface area contributed by atoms with E-state index in [1.165, 1.54) is 23.1 Å². The summed E-state index contributed by atoms with van der Waals surface area (Å²) in [5.74, 6) is -0.191. The molecule has 0 aliphatic heterocycles. The van der Waals surface area contributed by atoms with E-state index in [1.807, 2.05) is 19.1 Å². The molecule has 0 saturated carbocycles. The van der Waals surface area contributed by atoms with Gasteiger partial charge in [-0.2, -0.15) is 0 Å². The van der Waals surface area contributed by atoms with E-state index in [0.717, 1.165) is 10.4 Å². The van der Waals surface area contributed by atoms with Crippen LogP contribution in [0.25, 0.3) is 6.08 Å². The lowest BCUT2D eigenvalue weighted by molar-refractivity contribution is -0.116. The molecule has 0 spiro atoms. The topological polar surface area (TPSA) is 75.3 Å². The second-order valence-corrected chi connectivity index (χ2v) is 8.99. The summed E-state index contributed by atoms with van der Waals surface area (Å²) in [5, 5.41) is 2.82. The van der Waals surface area contributed by atoms with Gasteiger partial charge in [0.25, 0.3) is 0 Å². The third-order valence-electron chi connectivity index (χ3n) is 3.24. The van der Waals surface area contributed by atoms with Gasteiger partial charge in [0.2, 0.25) is 15.9 Å². The number of nitrogens with one attached hydrogen (secondary N) is 2. The van der Waals surface area contributed by atoms with Crippen molar-refractivity contribution < 1.29 is 13.2 Å². The van der Waals surface area contributed by atoms with Crippen LogP contribution in [0.3, 0.4) is 0 Å². The molecule has 25 heavy (non-hydrogen) atoms. The minimum atomic E-state index is -3.50. The first-order valence-corrected chi connectivity index (χ1v) is 10.2. The Hall–Kier alpha value is -1.96. The van der Waals surface area contributed by atoms with Crippen LogP contribution in [0.15, 0.2) is 47.4 Å². The Morgan fingerprint density at radius 2 is 1.84 bits per heavy atom. The van der Waals surface area contributed by atoms with Crippen molar-refractivity contribution in [2.45, 2.75) is 38.3 Å². The maximum Gasteiger partial charge on any atom is 0.244 e. The molecule has 0 bridgehead atoms. The van der Waals surface area contributed by atoms with Gasteiger partial charge in [-0.1, -0.05) is 12.1 Å². The third kappa shape index (κ3) is 6.12. The van der Waals surface area contributed by atoms with E-state index < -0.39 is 10.0 Å². The molecular formula is C18H22N2O3S2. The van der Waals surface area contributed by atoms with Gasteiger partial charge in [-0.25, -0.2) is 13.1 Å². The summed E-state index contributed by atoms with van der Waals surface area (Å²) in [5.41, 5.74) is 0.755. The number of rotatable bonds is 7. The van der Waals surface area contributed by atoms with Gasteiger partial charge in [0.1, 0.15) is 0 Å². The van der Waals surface area contributed by atoms with Crippen LogP contribution in [0.5, 0.6) is 0 Å². The summed E-state index contributed by atoms with van der Waals surface area (Å²) in [6.07, 6.45) is 3.09. The zero-order chi connectivity index (χ0) is 18.4. The van der Waals surface area contributed by atoms with Gasteiger partial charge in [0.05, 0.1) is 11.4 Å². The molecule has 2 aromatic rings. The Morgan fingerprint density at radius 3 is 2.40 bits per heavy atom. The van der Waals surface area contributed by atoms with Crippen LogP contribution in [0, 0.1) is 6.92 Å². The predicted molar refractivity (Wildman–Crippen MR) is 102 cm³/mol. The number of hydrogen-bond donors (Lipinski definition) is 2. The molecule has 0 radical (unpaired) electrons. The van der Waals surface area contributed by atoms with E-state index >= 15 is 0 Å². The number of carbonyl (C=O) groups is 1. The third-order valence-corrected chi connectivity index (χ3v) is 5.92. The lowest BCUT2D eigenvalue weighted by Crippen LogP contribution is -2.30. The normalized spacial score (nSPS) is 12.0. The van der Waals surface area contributed by atoms with Crippen molar-refractivity contribution >= 4 is 33.3 Å². The van der Waals surface area contributed by atoms with E-state index in [0.29, 0.717) is 6.54 Å². The van der Waals surface area contributed by atoms with Crippen LogP contribution >= 0.6 is 11.3 Å². The van der Waals surface area contributed by atoms with Crippen LogP contribution in [-0.2, 0) is 21.4 Å². The highest BCUT2D eigenvalue weighted by molar-refractivity contribution is 7.89. The SMILES string of the molecule is Cc1ccc(CNC(=O)/C=C/c2ccc(S(=O)(=O)NC(C)C)cc2)s1. The molecule has 1 amide bonds. The summed E-state index contributed by atoms with van der Waals surface area (Å²) in [6.45, 7) is 6.06. The molecule has 1 aromatic heterocycles. The van der Waals surface area contributed by atoms with Crippen molar-refractivity contribution in [3.63, 3.8) is 0 Å². The number of sulfonamides is 1. The van der Waals surface area contributed by atoms with Gasteiger partial charge in [0.15, 0.2) is 0 Å². The van der Waals surface area contributed by atoms with Crippen molar-refractivity contribution in [3.05, 3.63) is 57.8 Å². The molecule has 134 valence electrons. The zero-order valence-corrected chi connectivity index (χ0v) is 16.1. The summed E-state index contributed by atoms with van der Waals surface area (Å²) in [6, 6.07) is 10.2. The van der Waals surface area contributed by atoms with Crippen molar-refractivity contribution in [1.82, 2.24) is 10.0 Å². The first kappa shape index (κ1) is 19.4. The Morgan fingerprint density at radius 1 is 1.16 bits per heavy atom. The van der Waals surface area contributed by atoms with Crippen LogP contribution in [0.2, 0.25) is 0 Å². The number of thiophene rings is 1. The molecule has 1 aromatic carbocycles. The summed E-state index contributed by atoms with van der Waals surface area (Å²) < 4.78 is 26.6. The molecule has 0 aliphatic rings. The fraction of sp³-hybridized carbons (Fsp3) is 0.278. The van der Waals surface area contributed by atoms with Crippen LogP contribution < -0.4 is 10.0 Å². The second-order valence-electron chi connectivity index (χ2n) is 5.91. The summed E-state index contributed by atoms with van der Waals surface area (Å²) in [7, 11) is -3.50. The lowest BCUT2D eigenvalue weighted by Gasteiger charge is -2.09. The van der Waals surface area contributed by atoms with E-state index in [1.54, 1.807) is 43.4 Å². The molecular weight excluding hydrogens is 356 g/mol. The van der Waals surface area contributed by atoms with Crippen molar-refractivity contribution in [1.29, 1.82) is 0 Å². The number of benzene rings is 1. The fourth-order valence-electron chi connectivity index (χ4n) is 2.12. The first-order chi connectivity index (χ1) is 11.8. The highest BCUT2D eigenvalue weighted by atomic mass is 32.2. The maximum absolute atomic E-state index is 12.0. The molecule has 1 heterocycles. The van der Waals surface area contributed by atoms with E-state index in [9.17, 15) is 13.2 Å². The van der Waals surface area contributed by atoms with Crippen LogP contribution in [-0.4, -0.2) is 20.4 Å². The summed E-state index contributed by atoms with van der Waals surface area (Å²) >= 11 is 1.65. The van der Waals surface area contributed by atoms with Gasteiger partial charge < -0.3 is 5.32 Å². The zero-order valence-electron chi connectivity index (χ0n) is 14.4. The Bertz CT molecular complexity index is 851. The van der Waals surface area contributed by atoms with Crippen LogP contribution in [0.4, 0.5) is 0 Å². The molecule has 0 saturated heterocycles. The highest BCUT2D eigenvalue weighted by Gasteiger charge is 2.14. The van der Waals surface area contributed by atoms with Crippen molar-refractivity contribution in [2.24, 2.45) is 0 Å². The van der Waals surface area contributed by atoms with Crippen LogP contribution in [0.1, 0.15) is 29.2 Å². The average Bonchev–Trinajstić information content (AvgIpc) is 2.95. The van der Waals surface area contributed by atoms with Crippen molar-refractivity contribution in [2.75, 3.05) is 0 Å². The highest BCUT2D eigenvalue weighted by Crippen LogP contribution is 2.14. The van der Waals surface area contributed by atoms with E-state index in [4.69, 9.17) is 0 Å². The van der Waals surface area contributed by atoms with E-state index in [-0.39, 0.29) is 16.8 Å². The van der Waals surface area contributed by atoms with Crippen molar-refractivity contribution in [3.8, 4) is 0 Å². The maximum atomic E-state index is 12.0. The molecule has 0 aliphatic carbocycles. The van der Waals surface area contributed by atoms with Gasteiger partial charge >= 0.3 is 0 Å². The molecule has 0 fully saturated rings. The van der Waals surface area contributed by atoms with Gasteiger partial charge in [0, 0.05) is 21.9 Å². The minimum Gasteiger partial charge on any atom is -0.348 e. The Kier molecular flexibility index (Phi) is 6.52. The average molecular weight is 379 g/mol. The number of hydrogen-bond acceptors (Lipinski definition) is 4. The fourth-order valence-corrected chi connectivity index (χ4v) is 4.20. The molecule has 0 unspecified atom stereocenters. The Labute approximate surface area is 152 Å². The largest absolute Gasteiger partial charge is 0.348 e. The summed E-state index contributed by atoms with van der Waals surface area (Å²) in [4.78, 5) is 14.4. The smallest absolute Gasteiger partial charge is 0.244 e. The van der Waals surface area contributed by atoms with E-state index in [2.05, 4.69) is 10.0 Å². The number of amides is 1. The minimum absolute atomic E-state index is 0.166. The monoisotopic (exact) mass is 378 g/mol. The molecule has 0 atom stereocenters. The molecule has 2 rings (SSSR count). The Balaban J connectivity index is 1.93. The van der Waals surface area contributed by atoms with Gasteiger partial charge in [-0.15, -0.1) is 11.3 Å². The molecule has 2 N–H and O–H groups in total. The molecule has 5 nitrogen and oxygen atoms in total. The number of aryl methyl sites for hydroxylation is 1. The number of carbonyl (C=O) groups excluding carboxylic acids is 1.